The van der Waals surface area contributed by atoms with Gasteiger partial charge in [0, 0.05) is 26.2 Å². The Hall–Kier alpha value is -2.00. The van der Waals surface area contributed by atoms with Gasteiger partial charge in [0.05, 0.1) is 18.8 Å². The third kappa shape index (κ3) is 3.57. The first-order valence-electron chi connectivity index (χ1n) is 8.17. The topological polar surface area (TPSA) is 101 Å². The first-order valence-corrected chi connectivity index (χ1v) is 8.17. The number of amides is 2. The molecule has 2 saturated heterocycles. The van der Waals surface area contributed by atoms with Gasteiger partial charge < -0.3 is 19.9 Å². The number of carbonyl (C=O) groups excluding carboxylic acids is 2. The average molecular weight is 337 g/mol. The van der Waals surface area contributed by atoms with Gasteiger partial charge in [-0.2, -0.15) is 0 Å². The molecule has 2 fully saturated rings. The Morgan fingerprint density at radius 3 is 2.67 bits per heavy atom. The van der Waals surface area contributed by atoms with Crippen molar-refractivity contribution in [2.24, 2.45) is 0 Å². The van der Waals surface area contributed by atoms with Gasteiger partial charge in [0.25, 0.3) is 5.91 Å². The Labute approximate surface area is 140 Å². The number of carbonyl (C=O) groups is 2. The molecule has 0 aliphatic carbocycles. The van der Waals surface area contributed by atoms with Gasteiger partial charge in [-0.3, -0.25) is 9.59 Å². The highest BCUT2D eigenvalue weighted by molar-refractivity contribution is 5.95. The lowest BCUT2D eigenvalue weighted by atomic mass is 9.89. The van der Waals surface area contributed by atoms with E-state index in [-0.39, 0.29) is 23.7 Å². The van der Waals surface area contributed by atoms with Crippen molar-refractivity contribution in [2.45, 2.75) is 25.4 Å². The minimum atomic E-state index is -0.454. The molecule has 0 bridgehead atoms. The van der Waals surface area contributed by atoms with Gasteiger partial charge in [-0.15, -0.1) is 0 Å². The molecule has 2 amide bonds. The molecular formula is C15H23N5O4. The van der Waals surface area contributed by atoms with Gasteiger partial charge in [0.2, 0.25) is 5.91 Å². The summed E-state index contributed by atoms with van der Waals surface area (Å²) in [6.45, 7) is 5.17. The number of aromatic nitrogens is 2. The lowest BCUT2D eigenvalue weighted by Crippen LogP contribution is -2.58. The predicted molar refractivity (Wildman–Crippen MR) is 83.4 cm³/mol. The third-order valence-corrected chi connectivity index (χ3v) is 4.77. The Morgan fingerprint density at radius 2 is 2.00 bits per heavy atom. The van der Waals surface area contributed by atoms with Crippen LogP contribution in [0.5, 0.6) is 0 Å². The number of piperidine rings is 1. The molecule has 0 aromatic carbocycles. The zero-order valence-electron chi connectivity index (χ0n) is 14.1. The summed E-state index contributed by atoms with van der Waals surface area (Å²) in [4.78, 5) is 28.5. The van der Waals surface area contributed by atoms with Gasteiger partial charge in [0.1, 0.15) is 5.69 Å². The standard InChI is InChI=1S/C15H23N5O4/c1-11-13(18-24-17-11)14(22)16-9-12(21)20-7-8-23-15(10-20)3-5-19(2)6-4-15/h3-10H2,1-2H3,(H,16,22). The van der Waals surface area contributed by atoms with E-state index in [0.717, 1.165) is 25.9 Å². The number of morpholine rings is 1. The highest BCUT2D eigenvalue weighted by Crippen LogP contribution is 2.29. The van der Waals surface area contributed by atoms with E-state index in [2.05, 4.69) is 32.2 Å². The molecule has 0 saturated carbocycles. The summed E-state index contributed by atoms with van der Waals surface area (Å²) >= 11 is 0. The van der Waals surface area contributed by atoms with Gasteiger partial charge >= 0.3 is 0 Å². The van der Waals surface area contributed by atoms with Crippen LogP contribution in [0.3, 0.4) is 0 Å². The van der Waals surface area contributed by atoms with Crippen molar-refractivity contribution in [1.29, 1.82) is 0 Å². The summed E-state index contributed by atoms with van der Waals surface area (Å²) in [5.74, 6) is -0.566. The Morgan fingerprint density at radius 1 is 1.25 bits per heavy atom. The largest absolute Gasteiger partial charge is 0.371 e. The number of hydrogen-bond acceptors (Lipinski definition) is 7. The molecular weight excluding hydrogens is 314 g/mol. The first kappa shape index (κ1) is 16.8. The fraction of sp³-hybridized carbons (Fsp3) is 0.733. The number of hydrogen-bond donors (Lipinski definition) is 1. The Kier molecular flexibility index (Phi) is 4.81. The zero-order chi connectivity index (χ0) is 17.2. The molecule has 1 N–H and O–H groups in total. The van der Waals surface area contributed by atoms with E-state index >= 15 is 0 Å². The average Bonchev–Trinajstić information content (AvgIpc) is 3.01. The van der Waals surface area contributed by atoms with Crippen molar-refractivity contribution in [3.05, 3.63) is 11.4 Å². The normalized spacial score (nSPS) is 21.0. The highest BCUT2D eigenvalue weighted by atomic mass is 16.6. The highest BCUT2D eigenvalue weighted by Gasteiger charge is 2.40. The second kappa shape index (κ2) is 6.86. The van der Waals surface area contributed by atoms with Crippen LogP contribution < -0.4 is 5.32 Å². The SMILES string of the molecule is Cc1nonc1C(=O)NCC(=O)N1CCOC2(CCN(C)CC2)C1. The molecule has 9 nitrogen and oxygen atoms in total. The number of likely N-dealkylation sites (tertiary alicyclic amines) is 1. The van der Waals surface area contributed by atoms with E-state index < -0.39 is 5.91 Å². The number of nitrogens with zero attached hydrogens (tertiary/aromatic N) is 4. The molecule has 2 aliphatic heterocycles. The predicted octanol–water partition coefficient (Wildman–Crippen LogP) is -0.569. The molecule has 1 aromatic heterocycles. The van der Waals surface area contributed by atoms with E-state index in [1.807, 2.05) is 0 Å². The van der Waals surface area contributed by atoms with Gasteiger partial charge in [-0.1, -0.05) is 5.16 Å². The maximum Gasteiger partial charge on any atom is 0.275 e. The zero-order valence-corrected chi connectivity index (χ0v) is 14.1. The summed E-state index contributed by atoms with van der Waals surface area (Å²) in [5.41, 5.74) is 0.269. The number of ether oxygens (including phenoxy) is 1. The van der Waals surface area contributed by atoms with Crippen LogP contribution in [0.2, 0.25) is 0 Å². The van der Waals surface area contributed by atoms with E-state index in [9.17, 15) is 9.59 Å². The van der Waals surface area contributed by atoms with Crippen LogP contribution in [0, 0.1) is 6.92 Å². The van der Waals surface area contributed by atoms with Gasteiger partial charge in [-0.25, -0.2) is 4.63 Å². The summed E-state index contributed by atoms with van der Waals surface area (Å²) in [7, 11) is 2.09. The van der Waals surface area contributed by atoms with E-state index in [1.54, 1.807) is 11.8 Å². The second-order valence-electron chi connectivity index (χ2n) is 6.53. The van der Waals surface area contributed by atoms with Crippen LogP contribution in [0.15, 0.2) is 4.63 Å². The van der Waals surface area contributed by atoms with Gasteiger partial charge in [0.15, 0.2) is 5.69 Å². The monoisotopic (exact) mass is 337 g/mol. The number of nitrogens with one attached hydrogen (secondary N) is 1. The van der Waals surface area contributed by atoms with Crippen LogP contribution in [0.1, 0.15) is 29.0 Å². The van der Waals surface area contributed by atoms with Crippen LogP contribution in [0.25, 0.3) is 0 Å². The summed E-state index contributed by atoms with van der Waals surface area (Å²) < 4.78 is 10.5. The molecule has 1 spiro atoms. The fourth-order valence-electron chi connectivity index (χ4n) is 3.18. The van der Waals surface area contributed by atoms with Crippen molar-refractivity contribution in [3.63, 3.8) is 0 Å². The molecule has 2 aliphatic rings. The van der Waals surface area contributed by atoms with Crippen LogP contribution in [-0.2, 0) is 9.53 Å². The maximum absolute atomic E-state index is 12.4. The number of aryl methyl sites for hydroxylation is 1. The molecule has 0 atom stereocenters. The summed E-state index contributed by atoms with van der Waals surface area (Å²) in [5, 5.41) is 9.67. The van der Waals surface area contributed by atoms with E-state index in [1.165, 1.54) is 0 Å². The third-order valence-electron chi connectivity index (χ3n) is 4.77. The van der Waals surface area contributed by atoms with Crippen molar-refractivity contribution in [2.75, 3.05) is 46.4 Å². The molecule has 3 heterocycles. The minimum absolute atomic E-state index is 0.0683. The quantitative estimate of drug-likeness (QED) is 0.788. The molecule has 0 unspecified atom stereocenters. The second-order valence-corrected chi connectivity index (χ2v) is 6.53. The first-order chi connectivity index (χ1) is 11.5. The lowest BCUT2D eigenvalue weighted by molar-refractivity contribution is -0.157. The molecule has 132 valence electrons. The lowest BCUT2D eigenvalue weighted by Gasteiger charge is -2.46. The number of rotatable bonds is 3. The maximum atomic E-state index is 12.4. The van der Waals surface area contributed by atoms with E-state index in [0.29, 0.717) is 25.4 Å². The molecule has 24 heavy (non-hydrogen) atoms. The molecule has 1 aromatic rings. The molecule has 0 radical (unpaired) electrons. The fourth-order valence-corrected chi connectivity index (χ4v) is 3.18. The van der Waals surface area contributed by atoms with Crippen molar-refractivity contribution in [1.82, 2.24) is 25.4 Å². The van der Waals surface area contributed by atoms with E-state index in [4.69, 9.17) is 4.74 Å². The summed E-state index contributed by atoms with van der Waals surface area (Å²) in [6, 6.07) is 0. The Bertz CT molecular complexity index is 609. The van der Waals surface area contributed by atoms with Gasteiger partial charge in [-0.05, 0) is 32.0 Å². The van der Waals surface area contributed by atoms with Crippen molar-refractivity contribution >= 4 is 11.8 Å². The molecule has 3 rings (SSSR count). The molecule has 9 heteroatoms. The van der Waals surface area contributed by atoms with Crippen LogP contribution in [0.4, 0.5) is 0 Å². The van der Waals surface area contributed by atoms with Crippen molar-refractivity contribution < 1.29 is 19.0 Å². The Balaban J connectivity index is 1.53. The van der Waals surface area contributed by atoms with Crippen LogP contribution >= 0.6 is 0 Å². The van der Waals surface area contributed by atoms with Crippen molar-refractivity contribution in [3.8, 4) is 0 Å². The minimum Gasteiger partial charge on any atom is -0.371 e. The van der Waals surface area contributed by atoms with Crippen LogP contribution in [-0.4, -0.2) is 83.9 Å². The summed E-state index contributed by atoms with van der Waals surface area (Å²) in [6.07, 6.45) is 1.84. The smallest absolute Gasteiger partial charge is 0.275 e.